The zero-order valence-corrected chi connectivity index (χ0v) is 23.3. The maximum atomic E-state index is 13.9. The van der Waals surface area contributed by atoms with Crippen LogP contribution < -0.4 is 10.3 Å². The average Bonchev–Trinajstić information content (AvgIpc) is 2.99. The van der Waals surface area contributed by atoms with E-state index in [2.05, 4.69) is 41.4 Å². The number of morpholine rings is 1. The molecule has 3 aromatic carbocycles. The molecule has 1 aliphatic carbocycles. The quantitative estimate of drug-likeness (QED) is 0.318. The van der Waals surface area contributed by atoms with Crippen LogP contribution in [0.4, 0.5) is 5.69 Å². The van der Waals surface area contributed by atoms with E-state index < -0.39 is 5.92 Å². The number of amides is 2. The van der Waals surface area contributed by atoms with E-state index in [1.54, 1.807) is 6.21 Å². The molecule has 40 heavy (non-hydrogen) atoms. The molecule has 0 bridgehead atoms. The summed E-state index contributed by atoms with van der Waals surface area (Å²) in [6, 6.07) is 28.0. The number of carbonyl (C=O) groups excluding carboxylic acids is 2. The van der Waals surface area contributed by atoms with E-state index in [-0.39, 0.29) is 29.6 Å². The number of nitrogens with one attached hydrogen (secondary N) is 1. The van der Waals surface area contributed by atoms with E-state index in [4.69, 9.17) is 4.74 Å². The van der Waals surface area contributed by atoms with Gasteiger partial charge in [-0.25, -0.2) is 5.43 Å². The van der Waals surface area contributed by atoms with E-state index in [1.807, 2.05) is 77.7 Å². The molecule has 2 fully saturated rings. The molecule has 1 N–H and O–H groups in total. The summed E-state index contributed by atoms with van der Waals surface area (Å²) in [6.07, 6.45) is 1.67. The molecule has 7 nitrogen and oxygen atoms in total. The number of benzene rings is 3. The lowest BCUT2D eigenvalue weighted by Crippen LogP contribution is -2.57. The van der Waals surface area contributed by atoms with Crippen LogP contribution >= 0.6 is 0 Å². The molecule has 3 aromatic rings. The second-order valence-electron chi connectivity index (χ2n) is 10.4. The molecule has 0 spiro atoms. The van der Waals surface area contributed by atoms with Crippen molar-refractivity contribution in [3.63, 3.8) is 0 Å². The first-order valence-electron chi connectivity index (χ1n) is 14.3. The first kappa shape index (κ1) is 27.6. The van der Waals surface area contributed by atoms with Gasteiger partial charge in [0.25, 0.3) is 0 Å². The van der Waals surface area contributed by atoms with E-state index in [1.165, 1.54) is 0 Å². The van der Waals surface area contributed by atoms with Gasteiger partial charge in [-0.2, -0.15) is 5.10 Å². The van der Waals surface area contributed by atoms with Crippen LogP contribution in [0.1, 0.15) is 42.4 Å². The Hall–Kier alpha value is -3.97. The molecule has 0 aromatic heterocycles. The van der Waals surface area contributed by atoms with Crippen molar-refractivity contribution in [2.45, 2.75) is 25.7 Å². The summed E-state index contributed by atoms with van der Waals surface area (Å²) in [7, 11) is 0. The minimum atomic E-state index is -0.429. The Morgan fingerprint density at radius 1 is 0.850 bits per heavy atom. The van der Waals surface area contributed by atoms with Crippen molar-refractivity contribution >= 4 is 23.7 Å². The van der Waals surface area contributed by atoms with Gasteiger partial charge in [-0.15, -0.1) is 0 Å². The van der Waals surface area contributed by atoms with E-state index in [0.29, 0.717) is 26.3 Å². The number of carbonyl (C=O) groups is 2. The second kappa shape index (κ2) is 12.9. The van der Waals surface area contributed by atoms with Gasteiger partial charge >= 0.3 is 0 Å². The summed E-state index contributed by atoms with van der Waals surface area (Å²) in [5.41, 5.74) is 6.87. The van der Waals surface area contributed by atoms with Crippen LogP contribution in [0, 0.1) is 11.8 Å². The Morgan fingerprint density at radius 2 is 1.40 bits per heavy atom. The van der Waals surface area contributed by atoms with Crippen LogP contribution in [-0.4, -0.2) is 62.3 Å². The SMILES string of the molecule is CCN(CC)c1ccc(C=NNC(=O)C2C(c3ccccc3)C(C(=O)N3CCOCC3)C2c2ccccc2)cc1. The molecule has 1 saturated heterocycles. The molecule has 0 radical (unpaired) electrons. The Balaban J connectivity index is 1.40. The fraction of sp³-hybridized carbons (Fsp3) is 0.364. The van der Waals surface area contributed by atoms with Gasteiger partial charge in [-0.3, -0.25) is 9.59 Å². The normalized spacial score (nSPS) is 22.5. The minimum absolute atomic E-state index is 0.0897. The van der Waals surface area contributed by atoms with Gasteiger partial charge in [0.1, 0.15) is 0 Å². The molecule has 2 amide bonds. The van der Waals surface area contributed by atoms with Gasteiger partial charge in [0.2, 0.25) is 11.8 Å². The van der Waals surface area contributed by atoms with Gasteiger partial charge in [-0.1, -0.05) is 72.8 Å². The first-order valence-corrected chi connectivity index (χ1v) is 14.3. The van der Waals surface area contributed by atoms with E-state index in [0.717, 1.165) is 35.5 Å². The molecular weight excluding hydrogens is 500 g/mol. The summed E-state index contributed by atoms with van der Waals surface area (Å²) >= 11 is 0. The van der Waals surface area contributed by atoms with Crippen molar-refractivity contribution in [3.05, 3.63) is 102 Å². The summed E-state index contributed by atoms with van der Waals surface area (Å²) in [6.45, 7) is 8.40. The number of rotatable bonds is 9. The molecule has 208 valence electrons. The molecule has 5 rings (SSSR count). The van der Waals surface area contributed by atoms with E-state index >= 15 is 0 Å². The third-order valence-electron chi connectivity index (χ3n) is 8.24. The Morgan fingerprint density at radius 3 is 1.93 bits per heavy atom. The zero-order chi connectivity index (χ0) is 27.9. The predicted octanol–water partition coefficient (Wildman–Crippen LogP) is 4.66. The van der Waals surface area contributed by atoms with Crippen molar-refractivity contribution in [2.75, 3.05) is 44.3 Å². The van der Waals surface area contributed by atoms with Crippen LogP contribution in [-0.2, 0) is 14.3 Å². The predicted molar refractivity (Wildman–Crippen MR) is 158 cm³/mol. The number of nitrogens with zero attached hydrogens (tertiary/aromatic N) is 3. The van der Waals surface area contributed by atoms with Gasteiger partial charge < -0.3 is 14.5 Å². The fourth-order valence-electron chi connectivity index (χ4n) is 6.16. The fourth-order valence-corrected chi connectivity index (χ4v) is 6.16. The van der Waals surface area contributed by atoms with E-state index in [9.17, 15) is 9.59 Å². The maximum absolute atomic E-state index is 13.9. The topological polar surface area (TPSA) is 74.2 Å². The zero-order valence-electron chi connectivity index (χ0n) is 23.3. The second-order valence-corrected chi connectivity index (χ2v) is 10.4. The third-order valence-corrected chi connectivity index (χ3v) is 8.24. The van der Waals surface area contributed by atoms with Crippen molar-refractivity contribution in [2.24, 2.45) is 16.9 Å². The molecule has 1 aliphatic heterocycles. The molecule has 7 heteroatoms. The average molecular weight is 539 g/mol. The molecule has 2 atom stereocenters. The number of anilines is 1. The highest BCUT2D eigenvalue weighted by Gasteiger charge is 2.58. The highest BCUT2D eigenvalue weighted by Crippen LogP contribution is 2.58. The van der Waals surface area contributed by atoms with Gasteiger partial charge in [-0.05, 0) is 42.7 Å². The minimum Gasteiger partial charge on any atom is -0.378 e. The standard InChI is InChI=1S/C33H38N4O3/c1-3-36(4-2)27-17-15-24(16-18-27)23-34-35-32(38)30-28(25-11-7-5-8-12-25)31(29(30)26-13-9-6-10-14-26)33(39)37-19-21-40-22-20-37/h5-18,23,28-31H,3-4,19-22H2,1-2H3,(H,35,38). The van der Waals surface area contributed by atoms with Crippen molar-refractivity contribution in [3.8, 4) is 0 Å². The highest BCUT2D eigenvalue weighted by molar-refractivity contribution is 5.91. The summed E-state index contributed by atoms with van der Waals surface area (Å²) < 4.78 is 5.50. The maximum Gasteiger partial charge on any atom is 0.244 e. The molecular formula is C33H38N4O3. The van der Waals surface area contributed by atoms with Gasteiger partial charge in [0, 0.05) is 43.7 Å². The lowest BCUT2D eigenvalue weighted by molar-refractivity contribution is -0.151. The van der Waals surface area contributed by atoms with Crippen molar-refractivity contribution < 1.29 is 14.3 Å². The molecule has 1 heterocycles. The lowest BCUT2D eigenvalue weighted by atomic mass is 9.51. The molecule has 1 saturated carbocycles. The monoisotopic (exact) mass is 538 g/mol. The van der Waals surface area contributed by atoms with Crippen LogP contribution in [0.3, 0.4) is 0 Å². The van der Waals surface area contributed by atoms with Gasteiger partial charge in [0.05, 0.1) is 31.3 Å². The van der Waals surface area contributed by atoms with Crippen LogP contribution in [0.25, 0.3) is 0 Å². The molecule has 2 aliphatic rings. The van der Waals surface area contributed by atoms with Crippen LogP contribution in [0.15, 0.2) is 90.0 Å². The Bertz CT molecular complexity index is 1240. The van der Waals surface area contributed by atoms with Crippen LogP contribution in [0.2, 0.25) is 0 Å². The van der Waals surface area contributed by atoms with Crippen LogP contribution in [0.5, 0.6) is 0 Å². The molecule has 2 unspecified atom stereocenters. The lowest BCUT2D eigenvalue weighted by Gasteiger charge is -2.52. The van der Waals surface area contributed by atoms with Crippen molar-refractivity contribution in [1.82, 2.24) is 10.3 Å². The number of hydrogen-bond donors (Lipinski definition) is 1. The largest absolute Gasteiger partial charge is 0.378 e. The highest BCUT2D eigenvalue weighted by atomic mass is 16.5. The smallest absolute Gasteiger partial charge is 0.244 e. The van der Waals surface area contributed by atoms with Crippen molar-refractivity contribution in [1.29, 1.82) is 0 Å². The van der Waals surface area contributed by atoms with Gasteiger partial charge in [0.15, 0.2) is 0 Å². The summed E-state index contributed by atoms with van der Waals surface area (Å²) in [5.74, 6) is -1.34. The third kappa shape index (κ3) is 5.80. The number of hydrazone groups is 1. The number of ether oxygens (including phenoxy) is 1. The Labute approximate surface area is 236 Å². The summed E-state index contributed by atoms with van der Waals surface area (Å²) in [4.78, 5) is 31.9. The summed E-state index contributed by atoms with van der Waals surface area (Å²) in [5, 5.41) is 4.33. The Kier molecular flexibility index (Phi) is 8.91. The number of hydrogen-bond acceptors (Lipinski definition) is 5. The first-order chi connectivity index (χ1) is 19.6.